The molecule has 144 valence electrons. The molecule has 1 aliphatic heterocycles. The van der Waals surface area contributed by atoms with Crippen molar-refractivity contribution in [2.45, 2.75) is 0 Å². The first-order valence-electron chi connectivity index (χ1n) is 8.42. The number of carbonyl (C=O) groups is 3. The van der Waals surface area contributed by atoms with E-state index >= 15 is 0 Å². The molecule has 1 fully saturated rings. The second-order valence-electron chi connectivity index (χ2n) is 6.28. The van der Waals surface area contributed by atoms with E-state index in [0.717, 1.165) is 27.9 Å². The second kappa shape index (κ2) is 8.26. The number of para-hydroxylation sites is 1. The van der Waals surface area contributed by atoms with Crippen molar-refractivity contribution in [2.75, 3.05) is 30.9 Å². The van der Waals surface area contributed by atoms with Crippen molar-refractivity contribution in [3.8, 4) is 0 Å². The van der Waals surface area contributed by atoms with Gasteiger partial charge in [0.05, 0.1) is 10.6 Å². The number of nitrogens with zero attached hydrogens (tertiary/aromatic N) is 2. The number of amides is 3. The van der Waals surface area contributed by atoms with E-state index in [1.807, 2.05) is 43.3 Å². The Balaban J connectivity index is 1.69. The Morgan fingerprint density at radius 2 is 1.82 bits per heavy atom. The van der Waals surface area contributed by atoms with Crippen molar-refractivity contribution in [3.63, 3.8) is 0 Å². The Kier molecular flexibility index (Phi) is 5.79. The smallest absolute Gasteiger partial charge is 0.294 e. The summed E-state index contributed by atoms with van der Waals surface area (Å²) in [5.41, 5.74) is 1.78. The Bertz CT molecular complexity index is 957. The lowest BCUT2D eigenvalue weighted by molar-refractivity contribution is -0.127. The zero-order valence-electron chi connectivity index (χ0n) is 15.3. The SMILES string of the molecule is CN(C)c1ccc(/C=C2\SC(=O)N(CC(=O)Nc3ccccc3F)C2=O)cc1. The third-order valence-electron chi connectivity index (χ3n) is 4.03. The fraction of sp³-hybridized carbons (Fsp3) is 0.150. The van der Waals surface area contributed by atoms with E-state index in [9.17, 15) is 18.8 Å². The maximum Gasteiger partial charge on any atom is 0.294 e. The number of anilines is 2. The van der Waals surface area contributed by atoms with Crippen LogP contribution in [0.25, 0.3) is 6.08 Å². The summed E-state index contributed by atoms with van der Waals surface area (Å²) >= 11 is 0.773. The van der Waals surface area contributed by atoms with Crippen LogP contribution in [0, 0.1) is 5.82 Å². The van der Waals surface area contributed by atoms with Crippen molar-refractivity contribution in [1.82, 2.24) is 4.90 Å². The molecule has 0 radical (unpaired) electrons. The van der Waals surface area contributed by atoms with E-state index in [-0.39, 0.29) is 10.6 Å². The lowest BCUT2D eigenvalue weighted by Gasteiger charge is -2.13. The van der Waals surface area contributed by atoms with Gasteiger partial charge < -0.3 is 10.2 Å². The number of carbonyl (C=O) groups excluding carboxylic acids is 3. The number of hydrogen-bond acceptors (Lipinski definition) is 5. The van der Waals surface area contributed by atoms with Crippen LogP contribution in [0.2, 0.25) is 0 Å². The number of halogens is 1. The van der Waals surface area contributed by atoms with Crippen LogP contribution in [0.3, 0.4) is 0 Å². The zero-order valence-corrected chi connectivity index (χ0v) is 16.1. The number of thioether (sulfide) groups is 1. The molecule has 28 heavy (non-hydrogen) atoms. The second-order valence-corrected chi connectivity index (χ2v) is 7.28. The molecule has 2 aromatic carbocycles. The molecule has 0 atom stereocenters. The maximum absolute atomic E-state index is 13.6. The van der Waals surface area contributed by atoms with Gasteiger partial charge in [0.25, 0.3) is 11.1 Å². The van der Waals surface area contributed by atoms with Crippen LogP contribution in [0.15, 0.2) is 53.4 Å². The Hall–Kier alpha value is -3.13. The van der Waals surface area contributed by atoms with Crippen LogP contribution >= 0.6 is 11.8 Å². The third kappa shape index (κ3) is 4.40. The van der Waals surface area contributed by atoms with Crippen molar-refractivity contribution in [1.29, 1.82) is 0 Å². The largest absolute Gasteiger partial charge is 0.378 e. The van der Waals surface area contributed by atoms with Gasteiger partial charge in [0.1, 0.15) is 12.4 Å². The van der Waals surface area contributed by atoms with Gasteiger partial charge in [0.2, 0.25) is 5.91 Å². The van der Waals surface area contributed by atoms with Gasteiger partial charge in [-0.3, -0.25) is 19.3 Å². The van der Waals surface area contributed by atoms with Gasteiger partial charge in [-0.1, -0.05) is 24.3 Å². The number of rotatable bonds is 5. The molecule has 8 heteroatoms. The van der Waals surface area contributed by atoms with Crippen molar-refractivity contribution in [2.24, 2.45) is 0 Å². The van der Waals surface area contributed by atoms with E-state index in [4.69, 9.17) is 0 Å². The Morgan fingerprint density at radius 3 is 2.46 bits per heavy atom. The summed E-state index contributed by atoms with van der Waals surface area (Å²) in [5, 5.41) is 1.83. The highest BCUT2D eigenvalue weighted by atomic mass is 32.2. The molecule has 3 rings (SSSR count). The van der Waals surface area contributed by atoms with Gasteiger partial charge in [-0.2, -0.15) is 0 Å². The summed E-state index contributed by atoms with van der Waals surface area (Å²) in [6.07, 6.45) is 1.61. The fourth-order valence-electron chi connectivity index (χ4n) is 2.55. The lowest BCUT2D eigenvalue weighted by Crippen LogP contribution is -2.36. The van der Waals surface area contributed by atoms with Crippen molar-refractivity contribution in [3.05, 3.63) is 64.8 Å². The molecule has 2 aromatic rings. The number of imide groups is 1. The summed E-state index contributed by atoms with van der Waals surface area (Å²) < 4.78 is 13.6. The van der Waals surface area contributed by atoms with Gasteiger partial charge in [0.15, 0.2) is 0 Å². The van der Waals surface area contributed by atoms with Crippen molar-refractivity contribution >= 4 is 46.3 Å². The van der Waals surface area contributed by atoms with E-state index in [1.54, 1.807) is 12.1 Å². The average molecular weight is 399 g/mol. The lowest BCUT2D eigenvalue weighted by atomic mass is 10.2. The fourth-order valence-corrected chi connectivity index (χ4v) is 3.39. The van der Waals surface area contributed by atoms with Crippen LogP contribution in [0.1, 0.15) is 5.56 Å². The quantitative estimate of drug-likeness (QED) is 0.779. The first kappa shape index (κ1) is 19.6. The molecule has 0 saturated carbocycles. The van der Waals surface area contributed by atoms with Crippen LogP contribution in [0.5, 0.6) is 0 Å². The predicted molar refractivity (Wildman–Crippen MR) is 108 cm³/mol. The van der Waals surface area contributed by atoms with Crippen LogP contribution in [-0.2, 0) is 9.59 Å². The average Bonchev–Trinajstić information content (AvgIpc) is 2.91. The molecule has 1 saturated heterocycles. The monoisotopic (exact) mass is 399 g/mol. The highest BCUT2D eigenvalue weighted by Gasteiger charge is 2.36. The molecule has 0 bridgehead atoms. The minimum atomic E-state index is -0.649. The first-order chi connectivity index (χ1) is 13.3. The zero-order chi connectivity index (χ0) is 20.3. The molecule has 0 aliphatic carbocycles. The van der Waals surface area contributed by atoms with Crippen LogP contribution in [-0.4, -0.2) is 42.6 Å². The first-order valence-corrected chi connectivity index (χ1v) is 9.24. The molecular formula is C20H18FN3O3S. The number of nitrogens with one attached hydrogen (secondary N) is 1. The summed E-state index contributed by atoms with van der Waals surface area (Å²) in [6, 6.07) is 13.2. The minimum Gasteiger partial charge on any atom is -0.378 e. The van der Waals surface area contributed by atoms with Crippen LogP contribution in [0.4, 0.5) is 20.6 Å². The predicted octanol–water partition coefficient (Wildman–Crippen LogP) is 3.57. The summed E-state index contributed by atoms with van der Waals surface area (Å²) in [6.45, 7) is -0.476. The van der Waals surface area contributed by atoms with Crippen LogP contribution < -0.4 is 10.2 Å². The summed E-state index contributed by atoms with van der Waals surface area (Å²) in [5.74, 6) is -1.79. The number of hydrogen-bond donors (Lipinski definition) is 1. The molecule has 1 N–H and O–H groups in total. The topological polar surface area (TPSA) is 69.7 Å². The Labute approximate surface area is 166 Å². The van der Waals surface area contributed by atoms with E-state index < -0.39 is 29.4 Å². The van der Waals surface area contributed by atoms with Gasteiger partial charge >= 0.3 is 0 Å². The van der Waals surface area contributed by atoms with E-state index in [2.05, 4.69) is 5.32 Å². The minimum absolute atomic E-state index is 0.00371. The maximum atomic E-state index is 13.6. The van der Waals surface area contributed by atoms with E-state index in [1.165, 1.54) is 18.2 Å². The van der Waals surface area contributed by atoms with Crippen molar-refractivity contribution < 1.29 is 18.8 Å². The Morgan fingerprint density at radius 1 is 1.14 bits per heavy atom. The highest BCUT2D eigenvalue weighted by molar-refractivity contribution is 8.18. The van der Waals surface area contributed by atoms with Gasteiger partial charge in [-0.05, 0) is 47.7 Å². The third-order valence-corrected chi connectivity index (χ3v) is 4.94. The highest BCUT2D eigenvalue weighted by Crippen LogP contribution is 2.32. The van der Waals surface area contributed by atoms with E-state index in [0.29, 0.717) is 0 Å². The molecule has 0 unspecified atom stereocenters. The van der Waals surface area contributed by atoms with Gasteiger partial charge in [0, 0.05) is 19.8 Å². The molecule has 0 spiro atoms. The van der Waals surface area contributed by atoms with Gasteiger partial charge in [-0.15, -0.1) is 0 Å². The molecule has 3 amide bonds. The normalized spacial score (nSPS) is 15.2. The molecule has 1 heterocycles. The molecule has 6 nitrogen and oxygen atoms in total. The molecule has 0 aromatic heterocycles. The molecule has 1 aliphatic rings. The molecular weight excluding hydrogens is 381 g/mol. The standard InChI is InChI=1S/C20H18FN3O3S/c1-23(2)14-9-7-13(8-10-14)11-17-19(26)24(20(27)28-17)12-18(25)22-16-6-4-3-5-15(16)21/h3-11H,12H2,1-2H3,(H,22,25)/b17-11-. The van der Waals surface area contributed by atoms with Gasteiger partial charge in [-0.25, -0.2) is 4.39 Å². The summed E-state index contributed by atoms with van der Waals surface area (Å²) in [7, 11) is 3.85. The number of benzene rings is 2. The summed E-state index contributed by atoms with van der Waals surface area (Å²) in [4.78, 5) is 39.8.